The van der Waals surface area contributed by atoms with Gasteiger partial charge in [0.1, 0.15) is 18.1 Å². The van der Waals surface area contributed by atoms with Crippen LogP contribution < -0.4 is 4.74 Å². The monoisotopic (exact) mass is 334 g/mol. The fourth-order valence-corrected chi connectivity index (χ4v) is 2.67. The molecule has 126 valence electrons. The van der Waals surface area contributed by atoms with Crippen molar-refractivity contribution in [3.63, 3.8) is 0 Å². The topological polar surface area (TPSA) is 64.3 Å². The SMILES string of the molecule is C#CCN1CCC[C@H]1c1nc(-c2cc(OCC(F)F)ccn2)no1. The molecule has 0 radical (unpaired) electrons. The molecule has 2 aromatic heterocycles. The van der Waals surface area contributed by atoms with Crippen LogP contribution in [0.25, 0.3) is 11.5 Å². The van der Waals surface area contributed by atoms with Gasteiger partial charge in [-0.2, -0.15) is 4.98 Å². The fourth-order valence-electron chi connectivity index (χ4n) is 2.67. The van der Waals surface area contributed by atoms with Crippen LogP contribution in [0.15, 0.2) is 22.9 Å². The number of likely N-dealkylation sites (tertiary alicyclic amines) is 1. The molecule has 0 amide bonds. The molecule has 1 aliphatic rings. The van der Waals surface area contributed by atoms with Crippen LogP contribution in [0.3, 0.4) is 0 Å². The zero-order valence-electron chi connectivity index (χ0n) is 12.9. The van der Waals surface area contributed by atoms with E-state index in [0.717, 1.165) is 19.4 Å². The molecule has 6 nitrogen and oxygen atoms in total. The van der Waals surface area contributed by atoms with Crippen LogP contribution in [0.1, 0.15) is 24.8 Å². The molecule has 0 aromatic carbocycles. The Morgan fingerprint density at radius 1 is 1.50 bits per heavy atom. The quantitative estimate of drug-likeness (QED) is 0.757. The first-order valence-electron chi connectivity index (χ1n) is 7.56. The van der Waals surface area contributed by atoms with Crippen LogP contribution in [0.5, 0.6) is 5.75 Å². The van der Waals surface area contributed by atoms with Crippen molar-refractivity contribution in [1.82, 2.24) is 20.0 Å². The predicted molar refractivity (Wildman–Crippen MR) is 81.4 cm³/mol. The molecule has 0 spiro atoms. The number of aromatic nitrogens is 3. The highest BCUT2D eigenvalue weighted by Crippen LogP contribution is 2.31. The second-order valence-electron chi connectivity index (χ2n) is 5.37. The third-order valence-corrected chi connectivity index (χ3v) is 3.72. The minimum Gasteiger partial charge on any atom is -0.488 e. The van der Waals surface area contributed by atoms with Gasteiger partial charge in [-0.25, -0.2) is 8.78 Å². The fraction of sp³-hybridized carbons (Fsp3) is 0.438. The lowest BCUT2D eigenvalue weighted by Gasteiger charge is -2.17. The van der Waals surface area contributed by atoms with Gasteiger partial charge in [0.15, 0.2) is 0 Å². The lowest BCUT2D eigenvalue weighted by Crippen LogP contribution is -2.23. The minimum atomic E-state index is -2.54. The maximum Gasteiger partial charge on any atom is 0.272 e. The number of nitrogens with zero attached hydrogens (tertiary/aromatic N) is 4. The smallest absolute Gasteiger partial charge is 0.272 e. The van der Waals surface area contributed by atoms with Crippen LogP contribution in [0, 0.1) is 12.3 Å². The summed E-state index contributed by atoms with van der Waals surface area (Å²) in [6.07, 6.45) is 6.20. The summed E-state index contributed by atoms with van der Waals surface area (Å²) in [7, 11) is 0. The van der Waals surface area contributed by atoms with E-state index in [-0.39, 0.29) is 11.8 Å². The Labute approximate surface area is 137 Å². The van der Waals surface area contributed by atoms with Gasteiger partial charge in [0.25, 0.3) is 6.43 Å². The number of ether oxygens (including phenoxy) is 1. The molecule has 0 bridgehead atoms. The van der Waals surface area contributed by atoms with E-state index in [2.05, 4.69) is 25.9 Å². The van der Waals surface area contributed by atoms with Crippen LogP contribution in [0.4, 0.5) is 8.78 Å². The summed E-state index contributed by atoms with van der Waals surface area (Å²) in [5.41, 5.74) is 0.401. The van der Waals surface area contributed by atoms with Crippen molar-refractivity contribution >= 4 is 0 Å². The Morgan fingerprint density at radius 2 is 2.38 bits per heavy atom. The first-order chi connectivity index (χ1) is 11.7. The summed E-state index contributed by atoms with van der Waals surface area (Å²) in [4.78, 5) is 10.6. The van der Waals surface area contributed by atoms with E-state index in [0.29, 0.717) is 24.0 Å². The van der Waals surface area contributed by atoms with Crippen LogP contribution in [-0.2, 0) is 0 Å². The summed E-state index contributed by atoms with van der Waals surface area (Å²) >= 11 is 0. The summed E-state index contributed by atoms with van der Waals surface area (Å²) in [6, 6.07) is 3.00. The minimum absolute atomic E-state index is 0.000524. The number of terminal acetylenes is 1. The largest absolute Gasteiger partial charge is 0.488 e. The molecule has 24 heavy (non-hydrogen) atoms. The molecule has 1 atom stereocenters. The molecular formula is C16H16F2N4O2. The molecule has 0 aliphatic carbocycles. The second-order valence-corrected chi connectivity index (χ2v) is 5.37. The Bertz CT molecular complexity index is 729. The summed E-state index contributed by atoms with van der Waals surface area (Å²) in [6.45, 7) is 0.740. The molecule has 0 saturated carbocycles. The highest BCUT2D eigenvalue weighted by Gasteiger charge is 2.30. The van der Waals surface area contributed by atoms with E-state index in [4.69, 9.17) is 15.7 Å². The Hall–Kier alpha value is -2.53. The van der Waals surface area contributed by atoms with E-state index in [1.54, 1.807) is 0 Å². The van der Waals surface area contributed by atoms with E-state index >= 15 is 0 Å². The molecule has 8 heteroatoms. The van der Waals surface area contributed by atoms with E-state index in [1.807, 2.05) is 0 Å². The van der Waals surface area contributed by atoms with Gasteiger partial charge < -0.3 is 9.26 Å². The van der Waals surface area contributed by atoms with Gasteiger partial charge in [0.2, 0.25) is 11.7 Å². The number of rotatable bonds is 6. The van der Waals surface area contributed by atoms with E-state index < -0.39 is 13.0 Å². The molecule has 3 heterocycles. The van der Waals surface area contributed by atoms with Crippen molar-refractivity contribution in [2.45, 2.75) is 25.3 Å². The maximum absolute atomic E-state index is 12.2. The molecule has 0 unspecified atom stereocenters. The van der Waals surface area contributed by atoms with Gasteiger partial charge in [-0.05, 0) is 25.5 Å². The van der Waals surface area contributed by atoms with Crippen LogP contribution >= 0.6 is 0 Å². The van der Waals surface area contributed by atoms with Gasteiger partial charge >= 0.3 is 0 Å². The first-order valence-corrected chi connectivity index (χ1v) is 7.56. The highest BCUT2D eigenvalue weighted by atomic mass is 19.3. The molecule has 3 rings (SSSR count). The Kier molecular flexibility index (Phi) is 5.01. The van der Waals surface area contributed by atoms with Gasteiger partial charge in [0.05, 0.1) is 12.6 Å². The lowest BCUT2D eigenvalue weighted by molar-refractivity contribution is 0.0819. The third kappa shape index (κ3) is 3.68. The molecule has 1 saturated heterocycles. The van der Waals surface area contributed by atoms with Crippen molar-refractivity contribution in [2.24, 2.45) is 0 Å². The van der Waals surface area contributed by atoms with Crippen molar-refractivity contribution in [3.8, 4) is 29.6 Å². The van der Waals surface area contributed by atoms with Crippen LogP contribution in [0.2, 0.25) is 0 Å². The van der Waals surface area contributed by atoms with Crippen LogP contribution in [-0.4, -0.2) is 46.1 Å². The summed E-state index contributed by atoms with van der Waals surface area (Å²) in [5, 5.41) is 3.93. The third-order valence-electron chi connectivity index (χ3n) is 3.72. The van der Waals surface area contributed by atoms with Gasteiger partial charge in [-0.15, -0.1) is 6.42 Å². The standard InChI is InChI=1S/C16H16F2N4O2/c1-2-7-22-8-3-4-13(22)16-20-15(21-24-16)12-9-11(5-6-19-12)23-10-14(17)18/h1,5-6,9,13-14H,3-4,7-8,10H2/t13-/m0/s1. The highest BCUT2D eigenvalue weighted by molar-refractivity contribution is 5.50. The normalized spacial score (nSPS) is 18.0. The molecule has 1 aliphatic heterocycles. The molecular weight excluding hydrogens is 318 g/mol. The van der Waals surface area contributed by atoms with Gasteiger partial charge in [-0.3, -0.25) is 9.88 Å². The van der Waals surface area contributed by atoms with Crippen molar-refractivity contribution in [1.29, 1.82) is 0 Å². The van der Waals surface area contributed by atoms with E-state index in [9.17, 15) is 8.78 Å². The van der Waals surface area contributed by atoms with Gasteiger partial charge in [0, 0.05) is 12.3 Å². The zero-order valence-corrected chi connectivity index (χ0v) is 12.9. The predicted octanol–water partition coefficient (Wildman–Crippen LogP) is 2.55. The maximum atomic E-state index is 12.2. The molecule has 2 aromatic rings. The average Bonchev–Trinajstić information content (AvgIpc) is 3.22. The molecule has 1 fully saturated rings. The Balaban J connectivity index is 1.76. The summed E-state index contributed by atoms with van der Waals surface area (Å²) < 4.78 is 34.8. The number of halogens is 2. The number of alkyl halides is 2. The average molecular weight is 334 g/mol. The molecule has 0 N–H and O–H groups in total. The summed E-state index contributed by atoms with van der Waals surface area (Å²) in [5.74, 6) is 3.68. The Morgan fingerprint density at radius 3 is 3.17 bits per heavy atom. The number of hydrogen-bond acceptors (Lipinski definition) is 6. The lowest BCUT2D eigenvalue weighted by atomic mass is 10.2. The number of pyridine rings is 1. The van der Waals surface area contributed by atoms with Gasteiger partial charge in [-0.1, -0.05) is 11.1 Å². The first kappa shape index (κ1) is 16.3. The second kappa shape index (κ2) is 7.36. The van der Waals surface area contributed by atoms with Crippen molar-refractivity contribution < 1.29 is 18.0 Å². The van der Waals surface area contributed by atoms with Crippen molar-refractivity contribution in [2.75, 3.05) is 19.7 Å². The van der Waals surface area contributed by atoms with E-state index in [1.165, 1.54) is 18.3 Å². The van der Waals surface area contributed by atoms with Crippen molar-refractivity contribution in [3.05, 3.63) is 24.2 Å². The number of hydrogen-bond donors (Lipinski definition) is 0. The zero-order chi connectivity index (χ0) is 16.9.